The Kier molecular flexibility index (Phi) is 10.8. The predicted octanol–water partition coefficient (Wildman–Crippen LogP) is 5.57. The van der Waals surface area contributed by atoms with E-state index in [4.69, 9.17) is 21.8 Å². The number of nitrogens with one attached hydrogen (secondary N) is 3. The first-order valence-electron chi connectivity index (χ1n) is 12.2. The summed E-state index contributed by atoms with van der Waals surface area (Å²) in [6, 6.07) is 17.6. The summed E-state index contributed by atoms with van der Waals surface area (Å²) in [6.45, 7) is 0. The maximum Gasteiger partial charge on any atom is 0.292 e. The van der Waals surface area contributed by atoms with Gasteiger partial charge in [0.05, 0.1) is 24.0 Å². The van der Waals surface area contributed by atoms with E-state index in [1.54, 1.807) is 54.7 Å². The molecule has 2 amide bonds. The van der Waals surface area contributed by atoms with Gasteiger partial charge in [-0.05, 0) is 54.1 Å². The largest absolute Gasteiger partial charge is 0.507 e. The molecule has 0 fully saturated rings. The molecule has 0 saturated heterocycles. The van der Waals surface area contributed by atoms with E-state index < -0.39 is 17.9 Å². The monoisotopic (exact) mass is 639 g/mol. The molecular weight excluding hydrogens is 617 g/mol. The van der Waals surface area contributed by atoms with Gasteiger partial charge in [-0.25, -0.2) is 9.97 Å². The van der Waals surface area contributed by atoms with E-state index in [-0.39, 0.29) is 59.8 Å². The minimum atomic E-state index is -0.758. The molecule has 3 heterocycles. The summed E-state index contributed by atoms with van der Waals surface area (Å²) in [5.41, 5.74) is 8.50. The fourth-order valence-electron chi connectivity index (χ4n) is 4.22. The number of carbonyl (C=O) groups excluding carboxylic acids is 2. The summed E-state index contributed by atoms with van der Waals surface area (Å²) in [6.07, 6.45) is 4.80. The van der Waals surface area contributed by atoms with Crippen molar-refractivity contribution in [2.24, 2.45) is 5.73 Å². The van der Waals surface area contributed by atoms with Gasteiger partial charge < -0.3 is 30.9 Å². The number of hydrogen-bond donors (Lipinski definition) is 5. The van der Waals surface area contributed by atoms with E-state index in [0.29, 0.717) is 33.1 Å². The van der Waals surface area contributed by atoms with E-state index in [1.165, 1.54) is 24.7 Å². The van der Waals surface area contributed by atoms with Crippen molar-refractivity contribution in [3.63, 3.8) is 0 Å². The summed E-state index contributed by atoms with van der Waals surface area (Å²) >= 11 is 6.03. The maximum absolute atomic E-state index is 12.8. The number of nitrogens with zero attached hydrogens (tertiary/aromatic N) is 3. The first kappa shape index (κ1) is 32.5. The minimum absolute atomic E-state index is 0. The number of aromatic amines is 1. The quantitative estimate of drug-likeness (QED) is 0.139. The number of carbonyl (C=O) groups is 2. The molecule has 2 aromatic carbocycles. The molecule has 5 rings (SSSR count). The van der Waals surface area contributed by atoms with Gasteiger partial charge in [0.25, 0.3) is 5.91 Å². The zero-order chi connectivity index (χ0) is 28.9. The van der Waals surface area contributed by atoms with Crippen molar-refractivity contribution in [1.29, 1.82) is 5.26 Å². The number of H-pyrrole nitrogens is 1. The van der Waals surface area contributed by atoms with Crippen LogP contribution in [0.5, 0.6) is 5.75 Å². The van der Waals surface area contributed by atoms with Crippen molar-refractivity contribution < 1.29 is 19.1 Å². The smallest absolute Gasteiger partial charge is 0.292 e. The van der Waals surface area contributed by atoms with E-state index in [9.17, 15) is 20.0 Å². The van der Waals surface area contributed by atoms with E-state index >= 15 is 0 Å². The number of anilines is 2. The van der Waals surface area contributed by atoms with Crippen molar-refractivity contribution in [1.82, 2.24) is 15.0 Å². The van der Waals surface area contributed by atoms with Gasteiger partial charge in [-0.15, -0.1) is 24.8 Å². The number of hydrogen-bond acceptors (Lipinski definition) is 8. The molecule has 0 aliphatic rings. The molecule has 0 saturated carbocycles. The molecule has 3 aromatic heterocycles. The molecule has 0 unspecified atom stereocenters. The highest BCUT2D eigenvalue weighted by Gasteiger charge is 2.21. The summed E-state index contributed by atoms with van der Waals surface area (Å²) in [7, 11) is 0. The van der Waals surface area contributed by atoms with Crippen molar-refractivity contribution >= 4 is 59.7 Å². The highest BCUT2D eigenvalue weighted by atomic mass is 35.5. The molecule has 5 aromatic rings. The number of primary amides is 1. The Labute approximate surface area is 262 Å². The Hall–Kier alpha value is -5.02. The van der Waals surface area contributed by atoms with E-state index in [2.05, 4.69) is 31.7 Å². The Morgan fingerprint density at radius 1 is 1.12 bits per heavy atom. The highest BCUT2D eigenvalue weighted by Crippen LogP contribution is 2.37. The molecule has 0 aliphatic carbocycles. The third-order valence-corrected chi connectivity index (χ3v) is 6.41. The lowest BCUT2D eigenvalue weighted by Crippen LogP contribution is -2.37. The van der Waals surface area contributed by atoms with Crippen LogP contribution >= 0.6 is 36.4 Å². The van der Waals surface area contributed by atoms with Crippen LogP contribution in [-0.2, 0) is 11.2 Å². The average Bonchev–Trinajstić information content (AvgIpc) is 3.67. The molecule has 14 heteroatoms. The molecule has 0 spiro atoms. The average molecular weight is 641 g/mol. The Balaban J connectivity index is 0.00000253. The van der Waals surface area contributed by atoms with Crippen LogP contribution in [0, 0.1) is 11.3 Å². The van der Waals surface area contributed by atoms with Gasteiger partial charge in [0.2, 0.25) is 5.91 Å². The fraction of sp³-hybridized carbons (Fsp3) is 0.0690. The van der Waals surface area contributed by atoms with Crippen LogP contribution in [0.1, 0.15) is 21.8 Å². The number of benzene rings is 2. The van der Waals surface area contributed by atoms with Gasteiger partial charge in [-0.2, -0.15) is 5.26 Å². The number of imidazole rings is 1. The number of phenolic OH excluding ortho intramolecular Hbond substituents is 1. The van der Waals surface area contributed by atoms with Crippen LogP contribution in [0.25, 0.3) is 22.4 Å². The lowest BCUT2D eigenvalue weighted by molar-refractivity contribution is -0.118. The van der Waals surface area contributed by atoms with Crippen LogP contribution < -0.4 is 16.4 Å². The van der Waals surface area contributed by atoms with Gasteiger partial charge in [0.15, 0.2) is 11.6 Å². The second-order valence-electron chi connectivity index (χ2n) is 8.93. The third kappa shape index (κ3) is 7.44. The topological polar surface area (TPSA) is 183 Å². The molecule has 6 N–H and O–H groups in total. The number of nitrogens with two attached hydrogens (primary N) is 1. The zero-order valence-electron chi connectivity index (χ0n) is 22.1. The lowest BCUT2D eigenvalue weighted by atomic mass is 9.97. The van der Waals surface area contributed by atoms with Crippen molar-refractivity contribution in [3.8, 4) is 34.2 Å². The zero-order valence-corrected chi connectivity index (χ0v) is 24.5. The molecule has 220 valence electrons. The molecular formula is C29H24Cl3N7O4. The van der Waals surface area contributed by atoms with Crippen molar-refractivity contribution in [3.05, 3.63) is 101 Å². The molecule has 1 atom stereocenters. The molecule has 11 nitrogen and oxygen atoms in total. The molecule has 0 bridgehead atoms. The number of aromatic hydroxyl groups is 1. The number of nitriles is 1. The molecule has 0 aliphatic heterocycles. The number of amides is 2. The van der Waals surface area contributed by atoms with Gasteiger partial charge in [-0.3, -0.25) is 9.59 Å². The van der Waals surface area contributed by atoms with E-state index in [1.807, 2.05) is 0 Å². The van der Waals surface area contributed by atoms with Gasteiger partial charge in [0, 0.05) is 34.5 Å². The second kappa shape index (κ2) is 14.2. The highest BCUT2D eigenvalue weighted by molar-refractivity contribution is 6.30. The lowest BCUT2D eigenvalue weighted by Gasteiger charge is -2.18. The van der Waals surface area contributed by atoms with Gasteiger partial charge >= 0.3 is 0 Å². The van der Waals surface area contributed by atoms with Gasteiger partial charge in [-0.1, -0.05) is 23.7 Å². The standard InChI is InChI=1S/C29H22ClN7O4.2ClH/c30-17-6-7-20(25(38)10-17)23-12-21(22(13-31)28(36-23)37-29(40)26-5-2-8-41-26)16-3-1-4-18(9-16)35-24(27(32)39)11-19-14-33-15-34-19;;/h1-10,12,14-15,24,35,38H,11H2,(H2,32,39)(H,33,34)(H,36,37,40);2*1H/t24-;;/m1../s1. The van der Waals surface area contributed by atoms with Crippen LogP contribution in [0.15, 0.2) is 83.9 Å². The SMILES string of the molecule is Cl.Cl.N#Cc1c(-c2cccc(N[C@H](Cc3c[nH]cn3)C(N)=O)c2)cc(-c2ccc(Cl)cc2O)nc1NC(=O)c1ccco1. The number of rotatable bonds is 9. The number of furan rings is 1. The summed E-state index contributed by atoms with van der Waals surface area (Å²) in [5, 5.41) is 26.9. The first-order valence-corrected chi connectivity index (χ1v) is 12.6. The summed E-state index contributed by atoms with van der Waals surface area (Å²) in [5.74, 6) is -1.33. The number of halogens is 3. The number of aromatic nitrogens is 3. The van der Waals surface area contributed by atoms with Crippen LogP contribution in [-0.4, -0.2) is 37.9 Å². The van der Waals surface area contributed by atoms with Gasteiger partial charge in [0.1, 0.15) is 23.4 Å². The van der Waals surface area contributed by atoms with Crippen molar-refractivity contribution in [2.75, 3.05) is 10.6 Å². The molecule has 0 radical (unpaired) electrons. The Morgan fingerprint density at radius 2 is 1.93 bits per heavy atom. The number of pyridine rings is 1. The fourth-order valence-corrected chi connectivity index (χ4v) is 4.39. The first-order chi connectivity index (χ1) is 19.8. The summed E-state index contributed by atoms with van der Waals surface area (Å²) in [4.78, 5) is 36.5. The number of phenols is 1. The Morgan fingerprint density at radius 3 is 2.58 bits per heavy atom. The predicted molar refractivity (Wildman–Crippen MR) is 167 cm³/mol. The molecule has 43 heavy (non-hydrogen) atoms. The maximum atomic E-state index is 12.8. The minimum Gasteiger partial charge on any atom is -0.507 e. The van der Waals surface area contributed by atoms with Crippen LogP contribution in [0.3, 0.4) is 0 Å². The van der Waals surface area contributed by atoms with Crippen LogP contribution in [0.4, 0.5) is 11.5 Å². The summed E-state index contributed by atoms with van der Waals surface area (Å²) < 4.78 is 5.18. The second-order valence-corrected chi connectivity index (χ2v) is 9.36. The van der Waals surface area contributed by atoms with Crippen molar-refractivity contribution in [2.45, 2.75) is 12.5 Å². The third-order valence-electron chi connectivity index (χ3n) is 6.17. The normalized spacial score (nSPS) is 10.9. The Bertz CT molecular complexity index is 1770. The van der Waals surface area contributed by atoms with E-state index in [0.717, 1.165) is 0 Å². The van der Waals surface area contributed by atoms with Crippen LogP contribution in [0.2, 0.25) is 5.02 Å².